The number of rotatable bonds is 8. The van der Waals surface area contributed by atoms with Crippen LogP contribution >= 0.6 is 0 Å². The third-order valence-electron chi connectivity index (χ3n) is 4.06. The molecule has 2 aromatic rings. The molecule has 2 rings (SSSR count). The lowest BCUT2D eigenvalue weighted by Crippen LogP contribution is -1.92. The highest BCUT2D eigenvalue weighted by atomic mass is 14.1. The highest BCUT2D eigenvalue weighted by Crippen LogP contribution is 2.25. The standard InChI is InChI=1S/C20H26/c1-3-5-6-7-8-9-12-17-15-16-18-13-10-11-14-20(18)19(17)4-2/h4,10-11,13-16H,2-3,5-9,12H2,1H3. The summed E-state index contributed by atoms with van der Waals surface area (Å²) < 4.78 is 0. The van der Waals surface area contributed by atoms with E-state index < -0.39 is 0 Å². The molecule has 0 saturated carbocycles. The molecule has 0 aliphatic carbocycles. The molecule has 0 amide bonds. The molecule has 0 radical (unpaired) electrons. The first-order valence-electron chi connectivity index (χ1n) is 8.00. The average molecular weight is 266 g/mol. The number of benzene rings is 2. The minimum Gasteiger partial charge on any atom is -0.0984 e. The van der Waals surface area contributed by atoms with Gasteiger partial charge in [-0.05, 0) is 34.7 Å². The molecule has 0 aliphatic rings. The van der Waals surface area contributed by atoms with Crippen molar-refractivity contribution in [3.8, 4) is 0 Å². The zero-order chi connectivity index (χ0) is 14.2. The fourth-order valence-electron chi connectivity index (χ4n) is 2.90. The molecule has 0 fully saturated rings. The van der Waals surface area contributed by atoms with E-state index in [2.05, 4.69) is 49.9 Å². The Labute approximate surface area is 123 Å². The summed E-state index contributed by atoms with van der Waals surface area (Å²) >= 11 is 0. The second kappa shape index (κ2) is 7.89. The lowest BCUT2D eigenvalue weighted by molar-refractivity contribution is 0.607. The van der Waals surface area contributed by atoms with Crippen LogP contribution in [0.25, 0.3) is 16.8 Å². The first-order chi connectivity index (χ1) is 9.86. The van der Waals surface area contributed by atoms with Crippen LogP contribution < -0.4 is 0 Å². The molecule has 0 unspecified atom stereocenters. The van der Waals surface area contributed by atoms with Crippen LogP contribution in [0.4, 0.5) is 0 Å². The Hall–Kier alpha value is -1.56. The van der Waals surface area contributed by atoms with Crippen molar-refractivity contribution in [2.75, 3.05) is 0 Å². The van der Waals surface area contributed by atoms with Gasteiger partial charge in [0.15, 0.2) is 0 Å². The summed E-state index contributed by atoms with van der Waals surface area (Å²) in [5.74, 6) is 0. The maximum atomic E-state index is 4.01. The van der Waals surface area contributed by atoms with Gasteiger partial charge in [0.05, 0.1) is 0 Å². The van der Waals surface area contributed by atoms with Gasteiger partial charge in [0.2, 0.25) is 0 Å². The van der Waals surface area contributed by atoms with E-state index in [-0.39, 0.29) is 0 Å². The van der Waals surface area contributed by atoms with Crippen LogP contribution in [-0.2, 0) is 6.42 Å². The van der Waals surface area contributed by atoms with Crippen LogP contribution in [0.5, 0.6) is 0 Å². The number of aryl methyl sites for hydroxylation is 1. The van der Waals surface area contributed by atoms with E-state index in [1.807, 2.05) is 6.08 Å². The van der Waals surface area contributed by atoms with Gasteiger partial charge in [0.1, 0.15) is 0 Å². The van der Waals surface area contributed by atoms with Gasteiger partial charge >= 0.3 is 0 Å². The zero-order valence-electron chi connectivity index (χ0n) is 12.7. The predicted molar refractivity (Wildman–Crippen MR) is 91.1 cm³/mol. The van der Waals surface area contributed by atoms with E-state index in [4.69, 9.17) is 0 Å². The highest BCUT2D eigenvalue weighted by molar-refractivity contribution is 5.91. The van der Waals surface area contributed by atoms with E-state index in [0.29, 0.717) is 0 Å². The van der Waals surface area contributed by atoms with E-state index in [9.17, 15) is 0 Å². The van der Waals surface area contributed by atoms with Crippen LogP contribution in [0.2, 0.25) is 0 Å². The smallest absolute Gasteiger partial charge is 0.0109 e. The number of hydrogen-bond donors (Lipinski definition) is 0. The Morgan fingerprint density at radius 3 is 2.45 bits per heavy atom. The molecule has 0 aliphatic heterocycles. The van der Waals surface area contributed by atoms with Gasteiger partial charge in [-0.25, -0.2) is 0 Å². The van der Waals surface area contributed by atoms with E-state index in [0.717, 1.165) is 0 Å². The normalized spacial score (nSPS) is 10.8. The van der Waals surface area contributed by atoms with Gasteiger partial charge in [-0.1, -0.05) is 88.1 Å². The van der Waals surface area contributed by atoms with Gasteiger partial charge in [0, 0.05) is 0 Å². The summed E-state index contributed by atoms with van der Waals surface area (Å²) in [5.41, 5.74) is 2.78. The minimum atomic E-state index is 1.18. The Morgan fingerprint density at radius 2 is 1.65 bits per heavy atom. The molecule has 20 heavy (non-hydrogen) atoms. The Bertz CT molecular complexity index is 551. The first-order valence-corrected chi connectivity index (χ1v) is 8.00. The van der Waals surface area contributed by atoms with Crippen molar-refractivity contribution in [2.24, 2.45) is 0 Å². The summed E-state index contributed by atoms with van der Waals surface area (Å²) in [5, 5.41) is 2.65. The molecule has 0 nitrogen and oxygen atoms in total. The summed E-state index contributed by atoms with van der Waals surface area (Å²) in [6.07, 6.45) is 11.3. The first kappa shape index (κ1) is 14.8. The van der Waals surface area contributed by atoms with Gasteiger partial charge in [0.25, 0.3) is 0 Å². The summed E-state index contributed by atoms with van der Waals surface area (Å²) in [7, 11) is 0. The molecule has 2 aromatic carbocycles. The molecule has 0 aromatic heterocycles. The third-order valence-corrected chi connectivity index (χ3v) is 4.06. The van der Waals surface area contributed by atoms with E-state index in [1.165, 1.54) is 66.8 Å². The van der Waals surface area contributed by atoms with Gasteiger partial charge in [-0.15, -0.1) is 0 Å². The maximum absolute atomic E-state index is 4.01. The molecule has 0 saturated heterocycles. The van der Waals surface area contributed by atoms with Gasteiger partial charge in [-0.2, -0.15) is 0 Å². The number of hydrogen-bond acceptors (Lipinski definition) is 0. The van der Waals surface area contributed by atoms with Crippen molar-refractivity contribution in [3.05, 3.63) is 54.1 Å². The van der Waals surface area contributed by atoms with E-state index in [1.54, 1.807) is 0 Å². The second-order valence-corrected chi connectivity index (χ2v) is 5.58. The molecule has 0 heterocycles. The van der Waals surface area contributed by atoms with Crippen molar-refractivity contribution >= 4 is 16.8 Å². The van der Waals surface area contributed by atoms with Crippen LogP contribution in [0.1, 0.15) is 56.6 Å². The van der Waals surface area contributed by atoms with Crippen molar-refractivity contribution in [2.45, 2.75) is 51.9 Å². The number of fused-ring (bicyclic) bond motifs is 1. The molecule has 0 atom stereocenters. The summed E-state index contributed by atoms with van der Waals surface area (Å²) in [6.45, 7) is 6.28. The average Bonchev–Trinajstić information content (AvgIpc) is 2.50. The fourth-order valence-corrected chi connectivity index (χ4v) is 2.90. The molecule has 0 spiro atoms. The van der Waals surface area contributed by atoms with E-state index >= 15 is 0 Å². The molecule has 0 bridgehead atoms. The Balaban J connectivity index is 2.01. The van der Waals surface area contributed by atoms with Crippen LogP contribution in [-0.4, -0.2) is 0 Å². The van der Waals surface area contributed by atoms with Crippen molar-refractivity contribution in [3.63, 3.8) is 0 Å². The minimum absolute atomic E-state index is 1.18. The van der Waals surface area contributed by atoms with Crippen molar-refractivity contribution < 1.29 is 0 Å². The predicted octanol–water partition coefficient (Wildman–Crippen LogP) is 6.39. The SMILES string of the molecule is C=Cc1c(CCCCCCCC)ccc2ccccc12. The fraction of sp³-hybridized carbons (Fsp3) is 0.400. The molecule has 106 valence electrons. The largest absolute Gasteiger partial charge is 0.0984 e. The summed E-state index contributed by atoms with van der Waals surface area (Å²) in [4.78, 5) is 0. The third kappa shape index (κ3) is 3.72. The molecular formula is C20H26. The van der Waals surface area contributed by atoms with Crippen LogP contribution in [0.3, 0.4) is 0 Å². The quantitative estimate of drug-likeness (QED) is 0.486. The lowest BCUT2D eigenvalue weighted by Gasteiger charge is -2.10. The van der Waals surface area contributed by atoms with Crippen molar-refractivity contribution in [1.82, 2.24) is 0 Å². The maximum Gasteiger partial charge on any atom is -0.0109 e. The van der Waals surface area contributed by atoms with Crippen LogP contribution in [0.15, 0.2) is 43.0 Å². The molecule has 0 heteroatoms. The zero-order valence-corrected chi connectivity index (χ0v) is 12.7. The lowest BCUT2D eigenvalue weighted by atomic mass is 9.95. The highest BCUT2D eigenvalue weighted by Gasteiger charge is 2.04. The molecule has 0 N–H and O–H groups in total. The molecular weight excluding hydrogens is 240 g/mol. The Kier molecular flexibility index (Phi) is 5.86. The van der Waals surface area contributed by atoms with Crippen molar-refractivity contribution in [1.29, 1.82) is 0 Å². The number of unbranched alkanes of at least 4 members (excludes halogenated alkanes) is 5. The van der Waals surface area contributed by atoms with Crippen LogP contribution in [0, 0.1) is 0 Å². The summed E-state index contributed by atoms with van der Waals surface area (Å²) in [6, 6.07) is 13.1. The second-order valence-electron chi connectivity index (χ2n) is 5.58. The topological polar surface area (TPSA) is 0 Å². The Morgan fingerprint density at radius 1 is 0.900 bits per heavy atom. The van der Waals surface area contributed by atoms with Gasteiger partial charge in [-0.3, -0.25) is 0 Å². The van der Waals surface area contributed by atoms with Gasteiger partial charge < -0.3 is 0 Å². The monoisotopic (exact) mass is 266 g/mol.